The van der Waals surface area contributed by atoms with E-state index in [0.717, 1.165) is 12.1 Å². The topological polar surface area (TPSA) is 134 Å². The first-order chi connectivity index (χ1) is 12.9. The smallest absolute Gasteiger partial charge is 0.311 e. The summed E-state index contributed by atoms with van der Waals surface area (Å²) in [6.07, 6.45) is 1.01. The number of nitrogens with one attached hydrogen (secondary N) is 2. The lowest BCUT2D eigenvalue weighted by Crippen LogP contribution is -2.20. The number of hydrogen-bond acceptors (Lipinski definition) is 6. The zero-order valence-corrected chi connectivity index (χ0v) is 14.6. The van der Waals surface area contributed by atoms with Crippen molar-refractivity contribution in [2.45, 2.75) is 12.8 Å². The number of phenolic OH excluding ortho intramolecular Hbond substituents is 1. The van der Waals surface area contributed by atoms with E-state index in [-0.39, 0.29) is 18.7 Å². The van der Waals surface area contributed by atoms with Gasteiger partial charge in [0.05, 0.1) is 21.8 Å². The number of hydrazone groups is 1. The molecule has 27 heavy (non-hydrogen) atoms. The van der Waals surface area contributed by atoms with Crippen LogP contribution >= 0.6 is 11.6 Å². The minimum absolute atomic E-state index is 0.0722. The molecule has 0 bridgehead atoms. The van der Waals surface area contributed by atoms with Crippen molar-refractivity contribution in [3.05, 3.63) is 63.2 Å². The van der Waals surface area contributed by atoms with Gasteiger partial charge in [-0.1, -0.05) is 23.7 Å². The lowest BCUT2D eigenvalue weighted by molar-refractivity contribution is -0.385. The van der Waals surface area contributed by atoms with E-state index in [2.05, 4.69) is 15.8 Å². The minimum atomic E-state index is -0.733. The summed E-state index contributed by atoms with van der Waals surface area (Å²) in [7, 11) is 0. The van der Waals surface area contributed by atoms with Gasteiger partial charge in [0.15, 0.2) is 5.75 Å². The van der Waals surface area contributed by atoms with E-state index in [1.54, 1.807) is 24.3 Å². The number of amides is 2. The fourth-order valence-corrected chi connectivity index (χ4v) is 2.19. The molecule has 140 valence electrons. The van der Waals surface area contributed by atoms with Crippen LogP contribution in [0.1, 0.15) is 18.4 Å². The number of nitrogens with zero attached hydrogens (tertiary/aromatic N) is 2. The van der Waals surface area contributed by atoms with Crippen molar-refractivity contribution < 1.29 is 19.6 Å². The molecule has 2 amide bonds. The molecule has 0 aliphatic carbocycles. The number of hydrogen-bond donors (Lipinski definition) is 3. The predicted molar refractivity (Wildman–Crippen MR) is 99.8 cm³/mol. The number of benzene rings is 2. The Labute approximate surface area is 158 Å². The molecule has 2 aromatic carbocycles. The highest BCUT2D eigenvalue weighted by Gasteiger charge is 2.13. The van der Waals surface area contributed by atoms with Crippen molar-refractivity contribution in [3.8, 4) is 5.75 Å². The summed E-state index contributed by atoms with van der Waals surface area (Å²) >= 11 is 5.93. The molecule has 2 rings (SSSR count). The van der Waals surface area contributed by atoms with Crippen molar-refractivity contribution in [2.75, 3.05) is 5.32 Å². The second-order valence-corrected chi connectivity index (χ2v) is 5.73. The molecule has 0 atom stereocenters. The molecule has 9 nitrogen and oxygen atoms in total. The number of nitro benzene ring substituents is 1. The van der Waals surface area contributed by atoms with Crippen molar-refractivity contribution in [1.82, 2.24) is 5.43 Å². The maximum absolute atomic E-state index is 11.8. The Morgan fingerprint density at radius 1 is 1.19 bits per heavy atom. The Morgan fingerprint density at radius 2 is 1.89 bits per heavy atom. The van der Waals surface area contributed by atoms with E-state index in [9.17, 15) is 24.8 Å². The SMILES string of the molecule is O=C(CCC(=O)Nc1ccccc1Cl)NN=Cc1ccc(O)c([N+](=O)[O-])c1. The van der Waals surface area contributed by atoms with Crippen LogP contribution in [-0.4, -0.2) is 28.1 Å². The van der Waals surface area contributed by atoms with Gasteiger partial charge in [0, 0.05) is 24.5 Å². The van der Waals surface area contributed by atoms with Crippen molar-refractivity contribution >= 4 is 41.0 Å². The molecule has 0 unspecified atom stereocenters. The van der Waals surface area contributed by atoms with Crippen LogP contribution in [-0.2, 0) is 9.59 Å². The summed E-state index contributed by atoms with van der Waals surface area (Å²) in [5.74, 6) is -1.35. The number of aromatic hydroxyl groups is 1. The van der Waals surface area contributed by atoms with E-state index in [1.807, 2.05) is 0 Å². The first-order valence-electron chi connectivity index (χ1n) is 7.70. The number of carbonyl (C=O) groups excluding carboxylic acids is 2. The molecule has 0 aliphatic rings. The first-order valence-corrected chi connectivity index (χ1v) is 8.08. The second-order valence-electron chi connectivity index (χ2n) is 5.33. The highest BCUT2D eigenvalue weighted by molar-refractivity contribution is 6.33. The van der Waals surface area contributed by atoms with Crippen LogP contribution in [0, 0.1) is 10.1 Å². The summed E-state index contributed by atoms with van der Waals surface area (Å²) in [5, 5.41) is 26.8. The van der Waals surface area contributed by atoms with Gasteiger partial charge in [-0.3, -0.25) is 19.7 Å². The van der Waals surface area contributed by atoms with Gasteiger partial charge in [-0.05, 0) is 24.3 Å². The zero-order valence-electron chi connectivity index (χ0n) is 13.9. The van der Waals surface area contributed by atoms with Crippen LogP contribution in [0.2, 0.25) is 5.02 Å². The molecule has 0 heterocycles. The van der Waals surface area contributed by atoms with Crippen LogP contribution in [0.15, 0.2) is 47.6 Å². The van der Waals surface area contributed by atoms with E-state index >= 15 is 0 Å². The summed E-state index contributed by atoms with van der Waals surface area (Å²) in [4.78, 5) is 33.5. The zero-order chi connectivity index (χ0) is 19.8. The molecule has 2 aromatic rings. The molecule has 10 heteroatoms. The molecule has 0 fully saturated rings. The van der Waals surface area contributed by atoms with Crippen molar-refractivity contribution in [2.24, 2.45) is 5.10 Å². The van der Waals surface area contributed by atoms with Gasteiger partial charge in [0.2, 0.25) is 11.8 Å². The standard InChI is InChI=1S/C17H15ClN4O5/c18-12-3-1-2-4-13(12)20-16(24)7-8-17(25)21-19-10-11-5-6-15(23)14(9-11)22(26)27/h1-6,9-10,23H,7-8H2,(H,20,24)(H,21,25). The normalized spacial score (nSPS) is 10.6. The molecular weight excluding hydrogens is 376 g/mol. The summed E-state index contributed by atoms with van der Waals surface area (Å²) < 4.78 is 0. The molecule has 0 saturated carbocycles. The quantitative estimate of drug-likeness (QED) is 0.379. The lowest BCUT2D eigenvalue weighted by atomic mass is 10.2. The van der Waals surface area contributed by atoms with Gasteiger partial charge >= 0.3 is 5.69 Å². The molecular formula is C17H15ClN4O5. The Balaban J connectivity index is 1.81. The number of para-hydroxylation sites is 1. The lowest BCUT2D eigenvalue weighted by Gasteiger charge is -2.06. The van der Waals surface area contributed by atoms with Gasteiger partial charge < -0.3 is 10.4 Å². The third-order valence-corrected chi connectivity index (χ3v) is 3.66. The monoisotopic (exact) mass is 390 g/mol. The summed E-state index contributed by atoms with van der Waals surface area (Å²) in [6.45, 7) is 0. The van der Waals surface area contributed by atoms with Gasteiger partial charge in [-0.25, -0.2) is 5.43 Å². The molecule has 0 aromatic heterocycles. The molecule has 0 radical (unpaired) electrons. The third kappa shape index (κ3) is 6.08. The second kappa shape index (κ2) is 9.30. The maximum atomic E-state index is 11.8. The number of halogens is 1. The number of anilines is 1. The van der Waals surface area contributed by atoms with E-state index in [1.165, 1.54) is 12.3 Å². The van der Waals surface area contributed by atoms with Crippen LogP contribution in [0.5, 0.6) is 5.75 Å². The Morgan fingerprint density at radius 3 is 2.59 bits per heavy atom. The fraction of sp³-hybridized carbons (Fsp3) is 0.118. The van der Waals surface area contributed by atoms with Crippen LogP contribution in [0.3, 0.4) is 0 Å². The molecule has 0 spiro atoms. The van der Waals surface area contributed by atoms with Crippen LogP contribution in [0.4, 0.5) is 11.4 Å². The average molecular weight is 391 g/mol. The van der Waals surface area contributed by atoms with E-state index in [4.69, 9.17) is 11.6 Å². The van der Waals surface area contributed by atoms with Gasteiger partial charge in [0.25, 0.3) is 0 Å². The predicted octanol–water partition coefficient (Wildman–Crippen LogP) is 2.82. The Bertz CT molecular complexity index is 901. The van der Waals surface area contributed by atoms with Crippen LogP contribution in [0.25, 0.3) is 0 Å². The van der Waals surface area contributed by atoms with Gasteiger partial charge in [-0.15, -0.1) is 0 Å². The first kappa shape index (κ1) is 19.9. The fourth-order valence-electron chi connectivity index (χ4n) is 2.00. The molecule has 0 aliphatic heterocycles. The molecule has 3 N–H and O–H groups in total. The Hall–Kier alpha value is -3.46. The van der Waals surface area contributed by atoms with Gasteiger partial charge in [-0.2, -0.15) is 5.10 Å². The van der Waals surface area contributed by atoms with Crippen molar-refractivity contribution in [1.29, 1.82) is 0 Å². The summed E-state index contributed by atoms with van der Waals surface area (Å²) in [5.41, 5.74) is 2.52. The highest BCUT2D eigenvalue weighted by atomic mass is 35.5. The Kier molecular flexibility index (Phi) is 6.84. The number of phenols is 1. The largest absolute Gasteiger partial charge is 0.502 e. The maximum Gasteiger partial charge on any atom is 0.311 e. The number of nitro groups is 1. The van der Waals surface area contributed by atoms with E-state index < -0.39 is 22.3 Å². The highest BCUT2D eigenvalue weighted by Crippen LogP contribution is 2.25. The number of carbonyl (C=O) groups is 2. The average Bonchev–Trinajstić information content (AvgIpc) is 2.63. The minimum Gasteiger partial charge on any atom is -0.502 e. The summed E-state index contributed by atoms with van der Waals surface area (Å²) in [6, 6.07) is 10.4. The number of rotatable bonds is 7. The van der Waals surface area contributed by atoms with Gasteiger partial charge in [0.1, 0.15) is 0 Å². The third-order valence-electron chi connectivity index (χ3n) is 3.33. The molecule has 0 saturated heterocycles. The van der Waals surface area contributed by atoms with E-state index in [0.29, 0.717) is 16.3 Å². The van der Waals surface area contributed by atoms with Crippen LogP contribution < -0.4 is 10.7 Å². The van der Waals surface area contributed by atoms with Crippen molar-refractivity contribution in [3.63, 3.8) is 0 Å².